The van der Waals surface area contributed by atoms with Crippen molar-refractivity contribution >= 4 is 23.5 Å². The maximum absolute atomic E-state index is 14.9. The SMILES string of the molecule is CCO[C@@H]1C[C@H](P(=O)(c2ccccc2)c2ccccc2)C(c2ccccc2)=NO1. The third-order valence-electron chi connectivity index (χ3n) is 5.14. The Hall–Kier alpha value is -2.68. The van der Waals surface area contributed by atoms with Crippen LogP contribution in [0, 0.1) is 0 Å². The van der Waals surface area contributed by atoms with Crippen molar-refractivity contribution in [2.45, 2.75) is 25.3 Å². The zero-order valence-electron chi connectivity index (χ0n) is 16.3. The highest BCUT2D eigenvalue weighted by Crippen LogP contribution is 2.52. The molecule has 0 saturated carbocycles. The first-order chi connectivity index (χ1) is 14.2. The summed E-state index contributed by atoms with van der Waals surface area (Å²) in [6, 6.07) is 29.2. The van der Waals surface area contributed by atoms with E-state index in [-0.39, 0.29) is 5.66 Å². The first-order valence-electron chi connectivity index (χ1n) is 9.85. The van der Waals surface area contributed by atoms with Gasteiger partial charge in [0.15, 0.2) is 7.14 Å². The molecule has 0 amide bonds. The van der Waals surface area contributed by atoms with Crippen molar-refractivity contribution in [3.63, 3.8) is 0 Å². The van der Waals surface area contributed by atoms with Crippen molar-refractivity contribution in [3.8, 4) is 0 Å². The molecule has 3 aromatic carbocycles. The molecule has 0 bridgehead atoms. The molecule has 0 spiro atoms. The van der Waals surface area contributed by atoms with Gasteiger partial charge in [-0.2, -0.15) is 0 Å². The monoisotopic (exact) mass is 405 g/mol. The van der Waals surface area contributed by atoms with Crippen molar-refractivity contribution in [2.24, 2.45) is 5.16 Å². The second-order valence-corrected chi connectivity index (χ2v) is 9.89. The fraction of sp³-hybridized carbons (Fsp3) is 0.208. The normalized spacial score (nSPS) is 19.3. The Kier molecular flexibility index (Phi) is 5.94. The Morgan fingerprint density at radius 3 is 1.93 bits per heavy atom. The van der Waals surface area contributed by atoms with Crippen LogP contribution in [0.4, 0.5) is 0 Å². The number of nitrogens with zero attached hydrogens (tertiary/aromatic N) is 1. The molecule has 1 aliphatic heterocycles. The van der Waals surface area contributed by atoms with Crippen LogP contribution in [0.3, 0.4) is 0 Å². The molecule has 3 aromatic rings. The van der Waals surface area contributed by atoms with Crippen LogP contribution < -0.4 is 10.6 Å². The second-order valence-electron chi connectivity index (χ2n) is 6.91. The van der Waals surface area contributed by atoms with Crippen molar-refractivity contribution in [3.05, 3.63) is 96.6 Å². The zero-order valence-corrected chi connectivity index (χ0v) is 17.2. The quantitative estimate of drug-likeness (QED) is 0.565. The summed E-state index contributed by atoms with van der Waals surface area (Å²) >= 11 is 0. The van der Waals surface area contributed by atoms with Gasteiger partial charge in [-0.05, 0) is 6.92 Å². The van der Waals surface area contributed by atoms with Gasteiger partial charge >= 0.3 is 0 Å². The molecule has 2 atom stereocenters. The maximum atomic E-state index is 14.9. The highest BCUT2D eigenvalue weighted by molar-refractivity contribution is 7.80. The molecule has 0 unspecified atom stereocenters. The van der Waals surface area contributed by atoms with Crippen LogP contribution in [-0.4, -0.2) is 24.3 Å². The molecule has 0 aliphatic carbocycles. The average Bonchev–Trinajstić information content (AvgIpc) is 2.80. The van der Waals surface area contributed by atoms with Crippen molar-refractivity contribution in [2.75, 3.05) is 6.61 Å². The lowest BCUT2D eigenvalue weighted by Crippen LogP contribution is -2.39. The third kappa shape index (κ3) is 3.91. The van der Waals surface area contributed by atoms with E-state index in [0.717, 1.165) is 16.2 Å². The van der Waals surface area contributed by atoms with Gasteiger partial charge in [0.25, 0.3) is 0 Å². The van der Waals surface area contributed by atoms with Crippen LogP contribution in [0.1, 0.15) is 18.9 Å². The highest BCUT2D eigenvalue weighted by atomic mass is 31.2. The van der Waals surface area contributed by atoms with Gasteiger partial charge in [-0.25, -0.2) is 0 Å². The number of hydrogen-bond acceptors (Lipinski definition) is 4. The predicted molar refractivity (Wildman–Crippen MR) is 118 cm³/mol. The maximum Gasteiger partial charge on any atom is 0.227 e. The lowest BCUT2D eigenvalue weighted by Gasteiger charge is -2.34. The van der Waals surface area contributed by atoms with Crippen LogP contribution in [0.2, 0.25) is 0 Å². The molecule has 148 valence electrons. The molecule has 1 aliphatic rings. The van der Waals surface area contributed by atoms with Gasteiger partial charge in [0.1, 0.15) is 0 Å². The van der Waals surface area contributed by atoms with Gasteiger partial charge < -0.3 is 14.1 Å². The molecule has 4 nitrogen and oxygen atoms in total. The van der Waals surface area contributed by atoms with Crippen LogP contribution in [0.25, 0.3) is 0 Å². The molecule has 29 heavy (non-hydrogen) atoms. The van der Waals surface area contributed by atoms with Gasteiger partial charge in [0, 0.05) is 29.2 Å². The van der Waals surface area contributed by atoms with E-state index in [1.807, 2.05) is 97.9 Å². The molecular weight excluding hydrogens is 381 g/mol. The van der Waals surface area contributed by atoms with E-state index in [4.69, 9.17) is 9.57 Å². The number of ether oxygens (including phenoxy) is 1. The van der Waals surface area contributed by atoms with E-state index in [1.54, 1.807) is 0 Å². The molecule has 0 fully saturated rings. The van der Waals surface area contributed by atoms with E-state index < -0.39 is 13.4 Å². The summed E-state index contributed by atoms with van der Waals surface area (Å²) in [6.45, 7) is 2.43. The Labute approximate surface area is 171 Å². The summed E-state index contributed by atoms with van der Waals surface area (Å²) in [5.41, 5.74) is 1.28. The number of oxime groups is 1. The summed E-state index contributed by atoms with van der Waals surface area (Å²) in [6.07, 6.45) is -0.0407. The summed E-state index contributed by atoms with van der Waals surface area (Å²) in [5, 5.41) is 6.05. The summed E-state index contributed by atoms with van der Waals surface area (Å²) in [5.74, 6) is 0. The van der Waals surface area contributed by atoms with Gasteiger partial charge in [-0.3, -0.25) is 0 Å². The Bertz CT molecular complexity index is 963. The number of benzene rings is 3. The van der Waals surface area contributed by atoms with Crippen molar-refractivity contribution in [1.29, 1.82) is 0 Å². The number of hydrogen-bond donors (Lipinski definition) is 0. The van der Waals surface area contributed by atoms with Crippen LogP contribution in [0.15, 0.2) is 96.2 Å². The second kappa shape index (κ2) is 8.77. The van der Waals surface area contributed by atoms with Crippen LogP contribution in [0.5, 0.6) is 0 Å². The minimum Gasteiger partial charge on any atom is -0.363 e. The molecule has 0 aromatic heterocycles. The molecule has 0 saturated heterocycles. The molecule has 0 N–H and O–H groups in total. The largest absolute Gasteiger partial charge is 0.363 e. The van der Waals surface area contributed by atoms with E-state index >= 15 is 0 Å². The Morgan fingerprint density at radius 1 is 0.897 bits per heavy atom. The molecular formula is C24H24NO3P. The van der Waals surface area contributed by atoms with E-state index in [2.05, 4.69) is 5.16 Å². The topological polar surface area (TPSA) is 47.9 Å². The van der Waals surface area contributed by atoms with E-state index in [0.29, 0.717) is 18.7 Å². The smallest absolute Gasteiger partial charge is 0.227 e. The molecule has 1 heterocycles. The van der Waals surface area contributed by atoms with Crippen molar-refractivity contribution in [1.82, 2.24) is 0 Å². The first kappa shape index (κ1) is 19.6. The van der Waals surface area contributed by atoms with Gasteiger partial charge in [-0.15, -0.1) is 0 Å². The van der Waals surface area contributed by atoms with Gasteiger partial charge in [0.2, 0.25) is 6.29 Å². The van der Waals surface area contributed by atoms with Gasteiger partial charge in [0.05, 0.1) is 11.4 Å². The van der Waals surface area contributed by atoms with Crippen LogP contribution in [-0.2, 0) is 14.1 Å². The lowest BCUT2D eigenvalue weighted by atomic mass is 10.0. The van der Waals surface area contributed by atoms with Crippen LogP contribution >= 0.6 is 7.14 Å². The number of rotatable bonds is 6. The molecule has 5 heteroatoms. The summed E-state index contributed by atoms with van der Waals surface area (Å²) < 4.78 is 20.6. The third-order valence-corrected chi connectivity index (χ3v) is 8.60. The summed E-state index contributed by atoms with van der Waals surface area (Å²) in [7, 11) is -3.07. The first-order valence-corrected chi connectivity index (χ1v) is 11.6. The van der Waals surface area contributed by atoms with E-state index in [1.165, 1.54) is 0 Å². The van der Waals surface area contributed by atoms with Gasteiger partial charge in [-0.1, -0.05) is 96.2 Å². The molecule has 4 rings (SSSR count). The standard InChI is InChI=1S/C24H24NO3P/c1-2-27-23-18-22(24(25-28-23)19-12-6-3-7-13-19)29(26,20-14-8-4-9-15-20)21-16-10-5-11-17-21/h3-17,22-23H,2,18H2,1H3/t22-,23-/m0/s1. The Morgan fingerprint density at radius 2 is 1.41 bits per heavy atom. The Balaban J connectivity index is 1.90. The minimum atomic E-state index is -3.07. The predicted octanol–water partition coefficient (Wildman–Crippen LogP) is 4.56. The fourth-order valence-corrected chi connectivity index (χ4v) is 7.04. The minimum absolute atomic E-state index is 0.347. The lowest BCUT2D eigenvalue weighted by molar-refractivity contribution is -0.146. The highest BCUT2D eigenvalue weighted by Gasteiger charge is 2.44. The van der Waals surface area contributed by atoms with E-state index in [9.17, 15) is 4.57 Å². The summed E-state index contributed by atoms with van der Waals surface area (Å²) in [4.78, 5) is 5.63. The fourth-order valence-electron chi connectivity index (χ4n) is 3.78. The zero-order chi connectivity index (χ0) is 20.1. The van der Waals surface area contributed by atoms with Crippen molar-refractivity contribution < 1.29 is 14.1 Å². The molecule has 0 radical (unpaired) electrons. The average molecular weight is 405 g/mol.